The number of aryl methyl sites for hydroxylation is 2. The second-order valence-corrected chi connectivity index (χ2v) is 12.9. The van der Waals surface area contributed by atoms with Gasteiger partial charge in [-0.15, -0.1) is 0 Å². The van der Waals surface area contributed by atoms with Crippen LogP contribution in [0.1, 0.15) is 22.3 Å². The van der Waals surface area contributed by atoms with Gasteiger partial charge in [0.1, 0.15) is 0 Å². The van der Waals surface area contributed by atoms with Crippen LogP contribution in [0, 0.1) is 13.8 Å². The predicted octanol–water partition coefficient (Wildman–Crippen LogP) is 3.45. The van der Waals surface area contributed by atoms with Crippen LogP contribution >= 0.6 is 0 Å². The van der Waals surface area contributed by atoms with Gasteiger partial charge in [0.05, 0.1) is 22.4 Å². The molecule has 0 unspecified atom stereocenters. The van der Waals surface area contributed by atoms with E-state index in [2.05, 4.69) is 5.32 Å². The molecule has 34 heavy (non-hydrogen) atoms. The lowest BCUT2D eigenvalue weighted by molar-refractivity contribution is 0.286. The average molecular weight is 499 g/mol. The first-order valence-corrected chi connectivity index (χ1v) is 14.5. The van der Waals surface area contributed by atoms with Gasteiger partial charge in [0.2, 0.25) is 10.0 Å². The number of sulfonamides is 1. The Labute approximate surface area is 202 Å². The topological polar surface area (TPSA) is 83.6 Å². The molecule has 0 bridgehead atoms. The molecule has 180 valence electrons. The summed E-state index contributed by atoms with van der Waals surface area (Å²) >= 11 is 0. The molecule has 4 rings (SSSR count). The standard InChI is InChI=1S/C26H30N2O4S2/c1-20-13-14-21(2)26(15-20)34(31,32)28(17-23-11-7-4-8-12-23)25-19-33(29,30)18-24(25)27-16-22-9-5-3-6-10-22/h3-15,24-25,27H,16-19H2,1-2H3/t24-,25-/m0/s1. The molecule has 3 aromatic carbocycles. The summed E-state index contributed by atoms with van der Waals surface area (Å²) < 4.78 is 54.9. The van der Waals surface area contributed by atoms with Crippen molar-refractivity contribution in [1.29, 1.82) is 0 Å². The highest BCUT2D eigenvalue weighted by Crippen LogP contribution is 2.29. The molecule has 1 fully saturated rings. The molecule has 0 spiro atoms. The van der Waals surface area contributed by atoms with E-state index in [1.807, 2.05) is 73.7 Å². The second kappa shape index (κ2) is 10.00. The molecule has 0 radical (unpaired) electrons. The minimum atomic E-state index is -3.97. The lowest BCUT2D eigenvalue weighted by Gasteiger charge is -2.32. The van der Waals surface area contributed by atoms with Crippen molar-refractivity contribution in [3.63, 3.8) is 0 Å². The van der Waals surface area contributed by atoms with E-state index in [4.69, 9.17) is 0 Å². The fourth-order valence-corrected chi connectivity index (χ4v) is 8.42. The Bertz CT molecular complexity index is 1340. The largest absolute Gasteiger partial charge is 0.307 e. The molecule has 6 nitrogen and oxygen atoms in total. The van der Waals surface area contributed by atoms with E-state index in [-0.39, 0.29) is 22.9 Å². The van der Waals surface area contributed by atoms with Crippen molar-refractivity contribution < 1.29 is 16.8 Å². The summed E-state index contributed by atoms with van der Waals surface area (Å²) in [5.74, 6) is -0.311. The van der Waals surface area contributed by atoms with E-state index >= 15 is 0 Å². The maximum absolute atomic E-state index is 14.0. The van der Waals surface area contributed by atoms with E-state index in [1.165, 1.54) is 4.31 Å². The van der Waals surface area contributed by atoms with E-state index < -0.39 is 31.9 Å². The van der Waals surface area contributed by atoms with Crippen LogP contribution in [0.3, 0.4) is 0 Å². The van der Waals surface area contributed by atoms with Gasteiger partial charge in [-0.25, -0.2) is 16.8 Å². The van der Waals surface area contributed by atoms with Crippen molar-refractivity contribution in [2.45, 2.75) is 43.9 Å². The van der Waals surface area contributed by atoms with E-state index in [0.29, 0.717) is 12.1 Å². The van der Waals surface area contributed by atoms with Crippen LogP contribution in [0.15, 0.2) is 83.8 Å². The maximum atomic E-state index is 14.0. The quantitative estimate of drug-likeness (QED) is 0.514. The molecule has 1 heterocycles. The van der Waals surface area contributed by atoms with Crippen molar-refractivity contribution in [2.24, 2.45) is 0 Å². The molecule has 0 amide bonds. The number of benzene rings is 3. The molecule has 0 saturated carbocycles. The third-order valence-corrected chi connectivity index (χ3v) is 9.94. The first-order chi connectivity index (χ1) is 16.2. The SMILES string of the molecule is Cc1ccc(C)c(S(=O)(=O)N(Cc2ccccc2)[C@H]2CS(=O)(=O)C[C@@H]2NCc2ccccc2)c1. The number of sulfone groups is 1. The maximum Gasteiger partial charge on any atom is 0.243 e. The van der Waals surface area contributed by atoms with Crippen LogP contribution in [0.25, 0.3) is 0 Å². The second-order valence-electron chi connectivity index (χ2n) is 8.92. The summed E-state index contributed by atoms with van der Waals surface area (Å²) in [5, 5.41) is 3.33. The van der Waals surface area contributed by atoms with Crippen molar-refractivity contribution in [3.8, 4) is 0 Å². The molecule has 0 aliphatic carbocycles. The first kappa shape index (κ1) is 24.6. The predicted molar refractivity (Wildman–Crippen MR) is 135 cm³/mol. The zero-order valence-electron chi connectivity index (χ0n) is 19.4. The van der Waals surface area contributed by atoms with E-state index in [0.717, 1.165) is 16.7 Å². The molecule has 3 aromatic rings. The molecule has 1 aliphatic rings. The molecule has 8 heteroatoms. The molecule has 0 aromatic heterocycles. The zero-order chi connectivity index (χ0) is 24.3. The number of hydrogen-bond acceptors (Lipinski definition) is 5. The Morgan fingerprint density at radius 1 is 0.882 bits per heavy atom. The molecular weight excluding hydrogens is 468 g/mol. The van der Waals surface area contributed by atoms with Gasteiger partial charge in [0.15, 0.2) is 9.84 Å². The van der Waals surface area contributed by atoms with Gasteiger partial charge in [-0.1, -0.05) is 72.8 Å². The van der Waals surface area contributed by atoms with Crippen molar-refractivity contribution in [1.82, 2.24) is 9.62 Å². The van der Waals surface area contributed by atoms with Gasteiger partial charge in [-0.2, -0.15) is 4.31 Å². The number of rotatable bonds is 8. The third kappa shape index (κ3) is 5.58. The van der Waals surface area contributed by atoms with Crippen LogP contribution in [-0.4, -0.2) is 44.7 Å². The molecule has 1 saturated heterocycles. The monoisotopic (exact) mass is 498 g/mol. The summed E-state index contributed by atoms with van der Waals surface area (Å²) in [7, 11) is -7.39. The summed E-state index contributed by atoms with van der Waals surface area (Å²) in [6, 6.07) is 23.1. The van der Waals surface area contributed by atoms with Gasteiger partial charge in [-0.3, -0.25) is 0 Å². The van der Waals surface area contributed by atoms with Gasteiger partial charge in [0.25, 0.3) is 0 Å². The van der Waals surface area contributed by atoms with Crippen molar-refractivity contribution in [3.05, 3.63) is 101 Å². The van der Waals surface area contributed by atoms with Crippen LogP contribution < -0.4 is 5.32 Å². The van der Waals surface area contributed by atoms with Crippen LogP contribution in [-0.2, 0) is 33.0 Å². The third-order valence-electron chi connectivity index (χ3n) is 6.22. The van der Waals surface area contributed by atoms with Gasteiger partial charge in [-0.05, 0) is 42.2 Å². The van der Waals surface area contributed by atoms with Crippen molar-refractivity contribution in [2.75, 3.05) is 11.5 Å². The van der Waals surface area contributed by atoms with Crippen LogP contribution in [0.5, 0.6) is 0 Å². The molecule has 1 N–H and O–H groups in total. The van der Waals surface area contributed by atoms with Crippen LogP contribution in [0.2, 0.25) is 0 Å². The van der Waals surface area contributed by atoms with Crippen LogP contribution in [0.4, 0.5) is 0 Å². The fraction of sp³-hybridized carbons (Fsp3) is 0.308. The number of hydrogen-bond donors (Lipinski definition) is 1. The lowest BCUT2D eigenvalue weighted by atomic mass is 10.1. The first-order valence-electron chi connectivity index (χ1n) is 11.3. The highest BCUT2D eigenvalue weighted by Gasteiger charge is 2.45. The Morgan fingerprint density at radius 3 is 2.15 bits per heavy atom. The zero-order valence-corrected chi connectivity index (χ0v) is 21.0. The normalized spacial score (nSPS) is 20.0. The minimum Gasteiger partial charge on any atom is -0.307 e. The molecular formula is C26H30N2O4S2. The molecule has 2 atom stereocenters. The van der Waals surface area contributed by atoms with Crippen molar-refractivity contribution >= 4 is 19.9 Å². The minimum absolute atomic E-state index is 0.0975. The summed E-state index contributed by atoms with van der Waals surface area (Å²) in [6.07, 6.45) is 0. The number of nitrogens with zero attached hydrogens (tertiary/aromatic N) is 1. The Hall–Kier alpha value is -2.52. The smallest absolute Gasteiger partial charge is 0.243 e. The summed E-state index contributed by atoms with van der Waals surface area (Å²) in [4.78, 5) is 0.217. The Balaban J connectivity index is 1.74. The summed E-state index contributed by atoms with van der Waals surface area (Å²) in [5.41, 5.74) is 3.29. The number of nitrogens with one attached hydrogen (secondary N) is 1. The Kier molecular flexibility index (Phi) is 7.23. The van der Waals surface area contributed by atoms with Gasteiger partial charge >= 0.3 is 0 Å². The molecule has 1 aliphatic heterocycles. The highest BCUT2D eigenvalue weighted by molar-refractivity contribution is 7.92. The Morgan fingerprint density at radius 2 is 1.50 bits per heavy atom. The van der Waals surface area contributed by atoms with E-state index in [9.17, 15) is 16.8 Å². The lowest BCUT2D eigenvalue weighted by Crippen LogP contribution is -2.51. The highest BCUT2D eigenvalue weighted by atomic mass is 32.2. The van der Waals surface area contributed by atoms with E-state index in [1.54, 1.807) is 19.1 Å². The van der Waals surface area contributed by atoms with Gasteiger partial charge in [0, 0.05) is 19.1 Å². The van der Waals surface area contributed by atoms with Gasteiger partial charge < -0.3 is 5.32 Å². The summed E-state index contributed by atoms with van der Waals surface area (Å²) in [6.45, 7) is 4.17. The average Bonchev–Trinajstić information content (AvgIpc) is 3.12. The fourth-order valence-electron chi connectivity index (χ4n) is 4.41.